The summed E-state index contributed by atoms with van der Waals surface area (Å²) >= 11 is 0. The number of ketones is 1. The van der Waals surface area contributed by atoms with Crippen LogP contribution in [-0.2, 0) is 0 Å². The normalized spacial score (nSPS) is 20.7. The van der Waals surface area contributed by atoms with E-state index >= 15 is 0 Å². The van der Waals surface area contributed by atoms with E-state index in [4.69, 9.17) is 0 Å². The molecule has 2 atom stereocenters. The molecule has 0 spiro atoms. The molecular weight excluding hydrogens is 222 g/mol. The predicted molar refractivity (Wildman–Crippen MR) is 78.3 cm³/mol. The minimum absolute atomic E-state index is 0.287. The number of benzene rings is 1. The van der Waals surface area contributed by atoms with Crippen molar-refractivity contribution in [1.29, 1.82) is 0 Å². The summed E-state index contributed by atoms with van der Waals surface area (Å²) in [6.45, 7) is 9.24. The molecule has 0 saturated heterocycles. The van der Waals surface area contributed by atoms with E-state index in [-0.39, 0.29) is 5.92 Å². The van der Waals surface area contributed by atoms with Crippen LogP contribution in [0.25, 0.3) is 0 Å². The van der Waals surface area contributed by atoms with Crippen LogP contribution in [0.4, 0.5) is 5.69 Å². The molecule has 0 aliphatic heterocycles. The van der Waals surface area contributed by atoms with Crippen LogP contribution in [-0.4, -0.2) is 19.4 Å². The molecule has 1 fully saturated rings. The standard InChI is InChI=1S/C14H19NO.C2H6/c1-4-15(3)12-7-5-11(6-8-12)14(16)13-9-10(13)2;1-2/h5-8,10,13H,4,9H2,1-3H3;1-2H3. The monoisotopic (exact) mass is 247 g/mol. The van der Waals surface area contributed by atoms with E-state index in [1.165, 1.54) is 5.69 Å². The fourth-order valence-corrected chi connectivity index (χ4v) is 1.96. The molecule has 2 rings (SSSR count). The average Bonchev–Trinajstić information content (AvgIpc) is 3.16. The number of anilines is 1. The fourth-order valence-electron chi connectivity index (χ4n) is 1.96. The largest absolute Gasteiger partial charge is 0.375 e. The van der Waals surface area contributed by atoms with E-state index < -0.39 is 0 Å². The van der Waals surface area contributed by atoms with E-state index in [1.807, 2.05) is 38.1 Å². The van der Waals surface area contributed by atoms with Crippen molar-refractivity contribution >= 4 is 11.5 Å². The van der Waals surface area contributed by atoms with Crippen LogP contribution >= 0.6 is 0 Å². The first kappa shape index (κ1) is 14.7. The first-order chi connectivity index (χ1) is 8.63. The molecular formula is C16H25NO. The van der Waals surface area contributed by atoms with Crippen LogP contribution in [0.15, 0.2) is 24.3 Å². The van der Waals surface area contributed by atoms with Gasteiger partial charge in [-0.1, -0.05) is 20.8 Å². The zero-order chi connectivity index (χ0) is 13.7. The lowest BCUT2D eigenvalue weighted by atomic mass is 10.1. The highest BCUT2D eigenvalue weighted by Crippen LogP contribution is 2.40. The van der Waals surface area contributed by atoms with Gasteiger partial charge in [-0.15, -0.1) is 0 Å². The number of Topliss-reactive ketones (excluding diaryl/α,β-unsaturated/α-hetero) is 1. The maximum Gasteiger partial charge on any atom is 0.166 e. The van der Waals surface area contributed by atoms with Crippen molar-refractivity contribution in [1.82, 2.24) is 0 Å². The summed E-state index contributed by atoms with van der Waals surface area (Å²) in [5.41, 5.74) is 2.03. The van der Waals surface area contributed by atoms with Gasteiger partial charge >= 0.3 is 0 Å². The Hall–Kier alpha value is -1.31. The molecule has 0 heterocycles. The zero-order valence-corrected chi connectivity index (χ0v) is 12.2. The Labute approximate surface area is 111 Å². The molecule has 2 heteroatoms. The van der Waals surface area contributed by atoms with Crippen LogP contribution in [0, 0.1) is 11.8 Å². The summed E-state index contributed by atoms with van der Waals surface area (Å²) in [4.78, 5) is 14.1. The lowest BCUT2D eigenvalue weighted by Crippen LogP contribution is -2.15. The smallest absolute Gasteiger partial charge is 0.166 e. The third-order valence-corrected chi connectivity index (χ3v) is 3.51. The van der Waals surface area contributed by atoms with Crippen molar-refractivity contribution < 1.29 is 4.79 Å². The summed E-state index contributed by atoms with van der Waals surface area (Å²) in [7, 11) is 2.06. The van der Waals surface area contributed by atoms with Gasteiger partial charge in [0.2, 0.25) is 0 Å². The van der Waals surface area contributed by atoms with E-state index in [1.54, 1.807) is 0 Å². The first-order valence-electron chi connectivity index (χ1n) is 6.99. The Morgan fingerprint density at radius 3 is 2.17 bits per heavy atom. The fraction of sp³-hybridized carbons (Fsp3) is 0.562. The Morgan fingerprint density at radius 2 is 1.78 bits per heavy atom. The topological polar surface area (TPSA) is 20.3 Å². The molecule has 1 aliphatic carbocycles. The quantitative estimate of drug-likeness (QED) is 0.749. The van der Waals surface area contributed by atoms with Crippen molar-refractivity contribution in [2.45, 2.75) is 34.1 Å². The van der Waals surface area contributed by atoms with Gasteiger partial charge in [-0.05, 0) is 43.5 Å². The van der Waals surface area contributed by atoms with Gasteiger partial charge in [0.05, 0.1) is 0 Å². The zero-order valence-electron chi connectivity index (χ0n) is 12.2. The Bertz CT molecular complexity index is 383. The molecule has 0 N–H and O–H groups in total. The van der Waals surface area contributed by atoms with Crippen molar-refractivity contribution in [2.75, 3.05) is 18.5 Å². The Balaban J connectivity index is 0.000000771. The van der Waals surface area contributed by atoms with Crippen molar-refractivity contribution in [3.05, 3.63) is 29.8 Å². The van der Waals surface area contributed by atoms with Crippen LogP contribution in [0.3, 0.4) is 0 Å². The Morgan fingerprint density at radius 1 is 1.28 bits per heavy atom. The number of hydrogen-bond donors (Lipinski definition) is 0. The lowest BCUT2D eigenvalue weighted by Gasteiger charge is -2.16. The molecule has 0 amide bonds. The second-order valence-electron chi connectivity index (χ2n) is 4.74. The van der Waals surface area contributed by atoms with Crippen LogP contribution in [0.5, 0.6) is 0 Å². The van der Waals surface area contributed by atoms with E-state index in [9.17, 15) is 4.79 Å². The number of hydrogen-bond acceptors (Lipinski definition) is 2. The van der Waals surface area contributed by atoms with Crippen LogP contribution in [0.1, 0.15) is 44.5 Å². The van der Waals surface area contributed by atoms with Gasteiger partial charge in [0.1, 0.15) is 0 Å². The number of carbonyl (C=O) groups excluding carboxylic acids is 1. The second-order valence-corrected chi connectivity index (χ2v) is 4.74. The second kappa shape index (κ2) is 6.58. The summed E-state index contributed by atoms with van der Waals surface area (Å²) in [6.07, 6.45) is 1.06. The highest BCUT2D eigenvalue weighted by Gasteiger charge is 2.39. The molecule has 1 aromatic carbocycles. The molecule has 1 saturated carbocycles. The molecule has 1 aliphatic rings. The van der Waals surface area contributed by atoms with Gasteiger partial charge in [-0.3, -0.25) is 4.79 Å². The molecule has 2 nitrogen and oxygen atoms in total. The highest BCUT2D eigenvalue weighted by atomic mass is 16.1. The van der Waals surface area contributed by atoms with Gasteiger partial charge in [0.25, 0.3) is 0 Å². The molecule has 0 radical (unpaired) electrons. The van der Waals surface area contributed by atoms with Gasteiger partial charge in [-0.2, -0.15) is 0 Å². The predicted octanol–water partition coefficient (Wildman–Crippen LogP) is 4.01. The van der Waals surface area contributed by atoms with Crippen LogP contribution in [0.2, 0.25) is 0 Å². The first-order valence-corrected chi connectivity index (χ1v) is 6.99. The minimum Gasteiger partial charge on any atom is -0.375 e. The van der Waals surface area contributed by atoms with Gasteiger partial charge in [0, 0.05) is 30.8 Å². The SMILES string of the molecule is CC.CCN(C)c1ccc(C(=O)C2CC2C)cc1. The van der Waals surface area contributed by atoms with Gasteiger partial charge in [-0.25, -0.2) is 0 Å². The van der Waals surface area contributed by atoms with Crippen molar-refractivity contribution in [3.8, 4) is 0 Å². The van der Waals surface area contributed by atoms with Gasteiger partial charge < -0.3 is 4.90 Å². The number of rotatable bonds is 4. The molecule has 18 heavy (non-hydrogen) atoms. The van der Waals surface area contributed by atoms with E-state index in [0.29, 0.717) is 11.7 Å². The summed E-state index contributed by atoms with van der Waals surface area (Å²) in [5, 5.41) is 0. The number of carbonyl (C=O) groups is 1. The third-order valence-electron chi connectivity index (χ3n) is 3.51. The average molecular weight is 247 g/mol. The van der Waals surface area contributed by atoms with Crippen molar-refractivity contribution in [3.63, 3.8) is 0 Å². The summed E-state index contributed by atoms with van der Waals surface area (Å²) < 4.78 is 0. The summed E-state index contributed by atoms with van der Waals surface area (Å²) in [5.74, 6) is 1.19. The highest BCUT2D eigenvalue weighted by molar-refractivity contribution is 5.99. The Kier molecular flexibility index (Phi) is 5.39. The molecule has 1 aromatic rings. The molecule has 2 unspecified atom stereocenters. The lowest BCUT2D eigenvalue weighted by molar-refractivity contribution is 0.0962. The van der Waals surface area contributed by atoms with E-state index in [0.717, 1.165) is 18.5 Å². The maximum absolute atomic E-state index is 12.0. The van der Waals surface area contributed by atoms with Gasteiger partial charge in [0.15, 0.2) is 5.78 Å². The minimum atomic E-state index is 0.287. The van der Waals surface area contributed by atoms with Crippen molar-refractivity contribution in [2.24, 2.45) is 11.8 Å². The molecule has 0 aromatic heterocycles. The third kappa shape index (κ3) is 3.34. The maximum atomic E-state index is 12.0. The molecule has 0 bridgehead atoms. The van der Waals surface area contributed by atoms with Crippen LogP contribution < -0.4 is 4.90 Å². The molecule has 100 valence electrons. The number of nitrogens with zero attached hydrogens (tertiary/aromatic N) is 1. The van der Waals surface area contributed by atoms with E-state index in [2.05, 4.69) is 25.8 Å². The summed E-state index contributed by atoms with van der Waals surface area (Å²) in [6, 6.07) is 7.97.